The molecule has 1 saturated heterocycles. The first-order valence-corrected chi connectivity index (χ1v) is 6.44. The molecular formula is C14H17FN2O4. The van der Waals surface area contributed by atoms with Crippen molar-refractivity contribution in [3.8, 4) is 0 Å². The Morgan fingerprint density at radius 2 is 2.19 bits per heavy atom. The van der Waals surface area contributed by atoms with Gasteiger partial charge in [-0.1, -0.05) is 12.1 Å². The second-order valence-corrected chi connectivity index (χ2v) is 5.18. The Labute approximate surface area is 121 Å². The van der Waals surface area contributed by atoms with Crippen LogP contribution < -0.4 is 5.32 Å². The zero-order valence-corrected chi connectivity index (χ0v) is 11.8. The van der Waals surface area contributed by atoms with Gasteiger partial charge in [0.2, 0.25) is 0 Å². The summed E-state index contributed by atoms with van der Waals surface area (Å²) in [5.41, 5.74) is -0.844. The summed E-state index contributed by atoms with van der Waals surface area (Å²) in [6.45, 7) is 1.34. The lowest BCUT2D eigenvalue weighted by atomic mass is 10.0. The number of hydrogen-bond acceptors (Lipinski definition) is 4. The summed E-state index contributed by atoms with van der Waals surface area (Å²) in [4.78, 5) is 25.0. The molecule has 0 saturated carbocycles. The number of imide groups is 1. The topological polar surface area (TPSA) is 78.9 Å². The van der Waals surface area contributed by atoms with E-state index < -0.39 is 29.4 Å². The number of rotatable bonds is 5. The van der Waals surface area contributed by atoms with Gasteiger partial charge in [0, 0.05) is 7.11 Å². The fourth-order valence-electron chi connectivity index (χ4n) is 2.29. The maximum absolute atomic E-state index is 13.1. The number of nitrogens with one attached hydrogen (secondary N) is 1. The number of urea groups is 1. The number of aliphatic hydroxyl groups excluding tert-OH is 1. The van der Waals surface area contributed by atoms with Crippen LogP contribution in [0.1, 0.15) is 18.6 Å². The number of methoxy groups -OCH3 is 1. The lowest BCUT2D eigenvalue weighted by molar-refractivity contribution is -0.133. The van der Waals surface area contributed by atoms with Crippen molar-refractivity contribution in [2.45, 2.75) is 18.6 Å². The fourth-order valence-corrected chi connectivity index (χ4v) is 2.29. The van der Waals surface area contributed by atoms with Crippen LogP contribution in [0, 0.1) is 5.82 Å². The lowest BCUT2D eigenvalue weighted by Crippen LogP contribution is -2.48. The molecule has 1 aliphatic heterocycles. The number of aliphatic hydroxyl groups is 1. The summed E-state index contributed by atoms with van der Waals surface area (Å²) in [7, 11) is 1.43. The number of hydrogen-bond donors (Lipinski definition) is 2. The van der Waals surface area contributed by atoms with Gasteiger partial charge in [-0.05, 0) is 24.6 Å². The molecule has 2 N–H and O–H groups in total. The van der Waals surface area contributed by atoms with Crippen molar-refractivity contribution in [2.75, 3.05) is 20.3 Å². The molecule has 1 aromatic carbocycles. The minimum Gasteiger partial charge on any atom is -0.387 e. The monoisotopic (exact) mass is 296 g/mol. The van der Waals surface area contributed by atoms with Gasteiger partial charge in [0.25, 0.3) is 5.91 Å². The van der Waals surface area contributed by atoms with Crippen LogP contribution >= 0.6 is 0 Å². The van der Waals surface area contributed by atoms with Crippen molar-refractivity contribution in [2.24, 2.45) is 0 Å². The van der Waals surface area contributed by atoms with Gasteiger partial charge in [-0.15, -0.1) is 0 Å². The molecule has 6 nitrogen and oxygen atoms in total. The third kappa shape index (κ3) is 3.03. The van der Waals surface area contributed by atoms with Gasteiger partial charge >= 0.3 is 6.03 Å². The van der Waals surface area contributed by atoms with Gasteiger partial charge in [0.05, 0.1) is 19.3 Å². The number of carbonyl (C=O) groups excluding carboxylic acids is 2. The molecule has 0 spiro atoms. The number of ether oxygens (including phenoxy) is 1. The van der Waals surface area contributed by atoms with E-state index in [2.05, 4.69) is 5.32 Å². The van der Waals surface area contributed by atoms with Crippen LogP contribution in [0.15, 0.2) is 24.3 Å². The second kappa shape index (κ2) is 5.79. The Balaban J connectivity index is 2.12. The van der Waals surface area contributed by atoms with Crippen molar-refractivity contribution in [1.29, 1.82) is 0 Å². The fraction of sp³-hybridized carbons (Fsp3) is 0.429. The average molecular weight is 296 g/mol. The molecule has 21 heavy (non-hydrogen) atoms. The summed E-state index contributed by atoms with van der Waals surface area (Å²) in [6, 6.07) is 4.79. The van der Waals surface area contributed by atoms with E-state index >= 15 is 0 Å². The second-order valence-electron chi connectivity index (χ2n) is 5.18. The summed E-state index contributed by atoms with van der Waals surface area (Å²) in [5, 5.41) is 12.6. The van der Waals surface area contributed by atoms with Crippen LogP contribution in [0.2, 0.25) is 0 Å². The van der Waals surface area contributed by atoms with Gasteiger partial charge in [-0.25, -0.2) is 9.18 Å². The first-order chi connectivity index (χ1) is 9.87. The number of nitrogens with zero attached hydrogens (tertiary/aromatic N) is 1. The predicted molar refractivity (Wildman–Crippen MR) is 71.9 cm³/mol. The van der Waals surface area contributed by atoms with Gasteiger partial charge in [0.15, 0.2) is 0 Å². The number of β-amino-alcohol motifs (C(OH)–C–C–N with tert-alkyl or cyclic N) is 1. The lowest BCUT2D eigenvalue weighted by Gasteiger charge is -2.21. The van der Waals surface area contributed by atoms with E-state index in [9.17, 15) is 19.1 Å². The van der Waals surface area contributed by atoms with Crippen molar-refractivity contribution < 1.29 is 23.8 Å². The van der Waals surface area contributed by atoms with Gasteiger partial charge in [-0.3, -0.25) is 9.69 Å². The van der Waals surface area contributed by atoms with Crippen LogP contribution in [0.25, 0.3) is 0 Å². The van der Waals surface area contributed by atoms with E-state index in [1.807, 2.05) is 0 Å². The standard InChI is InChI=1S/C14H17FN2O4/c1-14(8-21-2)12(19)17(13(20)16-14)7-11(18)9-4-3-5-10(15)6-9/h3-6,11,18H,7-8H2,1-2H3,(H,16,20)/t11-,14-/m1/s1. The largest absolute Gasteiger partial charge is 0.387 e. The van der Waals surface area contributed by atoms with Crippen LogP contribution in [0.4, 0.5) is 9.18 Å². The molecule has 2 atom stereocenters. The van der Waals surface area contributed by atoms with E-state index in [0.29, 0.717) is 5.56 Å². The molecule has 7 heteroatoms. The maximum atomic E-state index is 13.1. The van der Waals surface area contributed by atoms with E-state index in [0.717, 1.165) is 11.0 Å². The molecule has 1 fully saturated rings. The van der Waals surface area contributed by atoms with E-state index in [1.165, 1.54) is 25.3 Å². The summed E-state index contributed by atoms with van der Waals surface area (Å²) < 4.78 is 18.1. The Hall–Kier alpha value is -1.99. The molecule has 0 radical (unpaired) electrons. The zero-order chi connectivity index (χ0) is 15.6. The molecule has 3 amide bonds. The highest BCUT2D eigenvalue weighted by atomic mass is 19.1. The third-order valence-corrected chi connectivity index (χ3v) is 3.37. The molecule has 0 bridgehead atoms. The van der Waals surface area contributed by atoms with Crippen molar-refractivity contribution in [1.82, 2.24) is 10.2 Å². The predicted octanol–water partition coefficient (Wildman–Crippen LogP) is 0.816. The summed E-state index contributed by atoms with van der Waals surface area (Å²) in [6.07, 6.45) is -1.15. The van der Waals surface area contributed by atoms with Crippen LogP contribution in [0.5, 0.6) is 0 Å². The quantitative estimate of drug-likeness (QED) is 0.788. The normalized spacial score (nSPS) is 23.3. The summed E-state index contributed by atoms with van der Waals surface area (Å²) in [5.74, 6) is -0.974. The van der Waals surface area contributed by atoms with E-state index in [4.69, 9.17) is 4.74 Å². The SMILES string of the molecule is COC[C@@]1(C)NC(=O)N(C[C@@H](O)c2cccc(F)c2)C1=O. The molecule has 2 rings (SSSR count). The minimum atomic E-state index is -1.15. The number of amides is 3. The molecule has 0 aliphatic carbocycles. The molecular weight excluding hydrogens is 279 g/mol. The zero-order valence-electron chi connectivity index (χ0n) is 11.8. The third-order valence-electron chi connectivity index (χ3n) is 3.37. The number of benzene rings is 1. The van der Waals surface area contributed by atoms with Crippen LogP contribution in [0.3, 0.4) is 0 Å². The molecule has 1 aromatic rings. The Morgan fingerprint density at radius 3 is 2.81 bits per heavy atom. The molecule has 0 aromatic heterocycles. The van der Waals surface area contributed by atoms with Crippen LogP contribution in [-0.2, 0) is 9.53 Å². The smallest absolute Gasteiger partial charge is 0.325 e. The number of halogens is 1. The van der Waals surface area contributed by atoms with Gasteiger partial charge in [-0.2, -0.15) is 0 Å². The van der Waals surface area contributed by atoms with Gasteiger partial charge in [0.1, 0.15) is 11.4 Å². The van der Waals surface area contributed by atoms with E-state index in [1.54, 1.807) is 6.92 Å². The van der Waals surface area contributed by atoms with Crippen molar-refractivity contribution in [3.05, 3.63) is 35.6 Å². The van der Waals surface area contributed by atoms with Gasteiger partial charge < -0.3 is 15.2 Å². The summed E-state index contributed by atoms with van der Waals surface area (Å²) >= 11 is 0. The highest BCUT2D eigenvalue weighted by Gasteiger charge is 2.48. The van der Waals surface area contributed by atoms with E-state index in [-0.39, 0.29) is 13.2 Å². The minimum absolute atomic E-state index is 0.0319. The molecule has 0 unspecified atom stereocenters. The van der Waals surface area contributed by atoms with Crippen molar-refractivity contribution >= 4 is 11.9 Å². The van der Waals surface area contributed by atoms with Crippen molar-refractivity contribution in [3.63, 3.8) is 0 Å². The Morgan fingerprint density at radius 1 is 1.48 bits per heavy atom. The Bertz CT molecular complexity index is 566. The average Bonchev–Trinajstić information content (AvgIpc) is 2.62. The molecule has 1 heterocycles. The highest BCUT2D eigenvalue weighted by Crippen LogP contribution is 2.22. The first kappa shape index (κ1) is 15.4. The molecule has 114 valence electrons. The number of carbonyl (C=O) groups is 2. The Kier molecular flexibility index (Phi) is 4.24. The first-order valence-electron chi connectivity index (χ1n) is 6.44. The molecule has 1 aliphatic rings. The highest BCUT2D eigenvalue weighted by molar-refractivity contribution is 6.06. The van der Waals surface area contributed by atoms with Crippen LogP contribution in [-0.4, -0.2) is 47.7 Å². The maximum Gasteiger partial charge on any atom is 0.325 e.